The molecule has 4 rings (SSSR count). The van der Waals surface area contributed by atoms with Crippen molar-refractivity contribution in [2.45, 2.75) is 22.7 Å². The normalized spacial score (nSPS) is 12.7. The second-order valence-corrected chi connectivity index (χ2v) is 9.86. The molecule has 1 atom stereocenters. The van der Waals surface area contributed by atoms with Crippen molar-refractivity contribution in [3.05, 3.63) is 89.7 Å². The number of fused-ring (bicyclic) bond motifs is 1. The van der Waals surface area contributed by atoms with Crippen LogP contribution in [-0.2, 0) is 26.6 Å². The zero-order valence-corrected chi connectivity index (χ0v) is 17.6. The van der Waals surface area contributed by atoms with Crippen LogP contribution in [0.4, 0.5) is 10.1 Å². The Labute approximate surface area is 176 Å². The number of para-hydroxylation sites is 1. The molecule has 0 aliphatic carbocycles. The lowest BCUT2D eigenvalue weighted by atomic mass is 10.2. The van der Waals surface area contributed by atoms with Crippen molar-refractivity contribution in [1.82, 2.24) is 0 Å². The molecule has 0 saturated carbocycles. The largest absolute Gasteiger partial charge is 0.443 e. The van der Waals surface area contributed by atoms with E-state index in [1.807, 2.05) is 31.2 Å². The average molecular weight is 444 g/mol. The fourth-order valence-electron chi connectivity index (χ4n) is 3.10. The van der Waals surface area contributed by atoms with Gasteiger partial charge in [-0.25, -0.2) is 4.39 Å². The third-order valence-corrected chi connectivity index (χ3v) is 7.14. The number of hydrogen-bond acceptors (Lipinski definition) is 4. The highest BCUT2D eigenvalue weighted by Crippen LogP contribution is 2.28. The third kappa shape index (κ3) is 4.29. The molecule has 0 fully saturated rings. The van der Waals surface area contributed by atoms with Crippen LogP contribution in [0.2, 0.25) is 0 Å². The van der Waals surface area contributed by atoms with Crippen LogP contribution >= 0.6 is 0 Å². The Balaban J connectivity index is 1.66. The van der Waals surface area contributed by atoms with Gasteiger partial charge in [0.2, 0.25) is 5.09 Å². The van der Waals surface area contributed by atoms with Crippen molar-refractivity contribution < 1.29 is 21.4 Å². The maximum atomic E-state index is 13.9. The van der Waals surface area contributed by atoms with E-state index in [2.05, 4.69) is 4.72 Å². The van der Waals surface area contributed by atoms with Gasteiger partial charge < -0.3 is 4.42 Å². The third-order valence-electron chi connectivity index (χ3n) is 4.48. The van der Waals surface area contributed by atoms with E-state index in [1.54, 1.807) is 24.3 Å². The summed E-state index contributed by atoms with van der Waals surface area (Å²) in [7, 11) is -5.74. The quantitative estimate of drug-likeness (QED) is 0.456. The molecule has 30 heavy (non-hydrogen) atoms. The van der Waals surface area contributed by atoms with Crippen LogP contribution in [0, 0.1) is 12.7 Å². The molecule has 3 aromatic carbocycles. The SMILES string of the molecule is Cc1cccc(CS(=O)c2ccc(F)cc2NS(=O)(=O)c2cc3ccccc3o2)c1. The van der Waals surface area contributed by atoms with E-state index in [1.165, 1.54) is 12.1 Å². The van der Waals surface area contributed by atoms with Crippen LogP contribution in [0.5, 0.6) is 0 Å². The Bertz CT molecular complexity index is 1330. The molecular weight excluding hydrogens is 425 g/mol. The van der Waals surface area contributed by atoms with Gasteiger partial charge in [0.1, 0.15) is 11.4 Å². The van der Waals surface area contributed by atoms with Crippen molar-refractivity contribution in [3.63, 3.8) is 0 Å². The van der Waals surface area contributed by atoms with E-state index in [-0.39, 0.29) is 21.4 Å². The Morgan fingerprint density at radius 3 is 2.57 bits per heavy atom. The van der Waals surface area contributed by atoms with Crippen LogP contribution in [0.25, 0.3) is 11.0 Å². The number of sulfonamides is 1. The highest BCUT2D eigenvalue weighted by molar-refractivity contribution is 7.92. The summed E-state index contributed by atoms with van der Waals surface area (Å²) in [5.74, 6) is -0.472. The predicted octanol–water partition coefficient (Wildman–Crippen LogP) is 4.99. The smallest absolute Gasteiger partial charge is 0.295 e. The predicted molar refractivity (Wildman–Crippen MR) is 115 cm³/mol. The van der Waals surface area contributed by atoms with Gasteiger partial charge in [0.05, 0.1) is 27.1 Å². The lowest BCUT2D eigenvalue weighted by Gasteiger charge is -2.12. The molecular formula is C22H18FNO4S2. The molecule has 0 spiro atoms. The van der Waals surface area contributed by atoms with E-state index >= 15 is 0 Å². The van der Waals surface area contributed by atoms with Crippen LogP contribution in [-0.4, -0.2) is 12.6 Å². The number of benzene rings is 3. The summed E-state index contributed by atoms with van der Waals surface area (Å²) in [6.07, 6.45) is 0. The number of furan rings is 1. The summed E-state index contributed by atoms with van der Waals surface area (Å²) < 4.78 is 60.3. The van der Waals surface area contributed by atoms with Gasteiger partial charge in [0.15, 0.2) is 0 Å². The zero-order chi connectivity index (χ0) is 21.3. The first-order valence-corrected chi connectivity index (χ1v) is 11.9. The van der Waals surface area contributed by atoms with Crippen molar-refractivity contribution in [2.24, 2.45) is 0 Å². The Morgan fingerprint density at radius 1 is 1.00 bits per heavy atom. The summed E-state index contributed by atoms with van der Waals surface area (Å²) in [5, 5.41) is 0.323. The number of aryl methyl sites for hydroxylation is 1. The number of halogens is 1. The fraction of sp³-hybridized carbons (Fsp3) is 0.0909. The lowest BCUT2D eigenvalue weighted by molar-refractivity contribution is 0.484. The van der Waals surface area contributed by atoms with Gasteiger partial charge in [-0.3, -0.25) is 8.93 Å². The fourth-order valence-corrected chi connectivity index (χ4v) is 5.41. The van der Waals surface area contributed by atoms with Gasteiger partial charge in [0.25, 0.3) is 10.0 Å². The van der Waals surface area contributed by atoms with Gasteiger partial charge >= 0.3 is 0 Å². The highest BCUT2D eigenvalue weighted by Gasteiger charge is 2.23. The molecule has 0 aliphatic rings. The molecule has 0 aliphatic heterocycles. The second kappa shape index (κ2) is 8.04. The monoisotopic (exact) mass is 443 g/mol. The van der Waals surface area contributed by atoms with E-state index in [4.69, 9.17) is 4.42 Å². The summed E-state index contributed by atoms with van der Waals surface area (Å²) in [5.41, 5.74) is 2.19. The average Bonchev–Trinajstić information content (AvgIpc) is 3.13. The first-order valence-electron chi connectivity index (χ1n) is 9.07. The minimum Gasteiger partial charge on any atom is -0.443 e. The molecule has 0 radical (unpaired) electrons. The minimum absolute atomic E-state index is 0.0820. The summed E-state index contributed by atoms with van der Waals surface area (Å²) in [6, 6.07) is 19.3. The molecule has 4 aromatic rings. The Morgan fingerprint density at radius 2 is 1.80 bits per heavy atom. The van der Waals surface area contributed by atoms with E-state index < -0.39 is 26.6 Å². The summed E-state index contributed by atoms with van der Waals surface area (Å²) in [4.78, 5) is 0.192. The standard InChI is InChI=1S/C22H18FNO4S2/c1-15-5-4-6-16(11-15)14-29(25)21-10-9-18(23)13-19(21)24-30(26,27)22-12-17-7-2-3-8-20(17)28-22/h2-13,24H,14H2,1H3. The van der Waals surface area contributed by atoms with E-state index in [9.17, 15) is 17.0 Å². The maximum absolute atomic E-state index is 13.9. The lowest BCUT2D eigenvalue weighted by Crippen LogP contribution is -2.14. The zero-order valence-electron chi connectivity index (χ0n) is 16.0. The second-order valence-electron chi connectivity index (χ2n) is 6.83. The first-order chi connectivity index (χ1) is 14.3. The maximum Gasteiger partial charge on any atom is 0.295 e. The molecule has 8 heteroatoms. The van der Waals surface area contributed by atoms with E-state index in [0.29, 0.717) is 11.0 Å². The van der Waals surface area contributed by atoms with Crippen LogP contribution < -0.4 is 4.72 Å². The Kier molecular flexibility index (Phi) is 5.44. The molecule has 5 nitrogen and oxygen atoms in total. The molecule has 1 N–H and O–H groups in total. The van der Waals surface area contributed by atoms with Gasteiger partial charge in [-0.15, -0.1) is 0 Å². The van der Waals surface area contributed by atoms with Crippen LogP contribution in [0.15, 0.2) is 87.2 Å². The molecule has 1 aromatic heterocycles. The molecule has 1 unspecified atom stereocenters. The number of hydrogen-bond donors (Lipinski definition) is 1. The Hall–Kier alpha value is -2.97. The van der Waals surface area contributed by atoms with Crippen molar-refractivity contribution >= 4 is 37.5 Å². The molecule has 0 saturated heterocycles. The van der Waals surface area contributed by atoms with Crippen molar-refractivity contribution in [3.8, 4) is 0 Å². The topological polar surface area (TPSA) is 76.4 Å². The first kappa shape index (κ1) is 20.3. The summed E-state index contributed by atoms with van der Waals surface area (Å²) >= 11 is 0. The van der Waals surface area contributed by atoms with Gasteiger partial charge in [0, 0.05) is 11.5 Å². The van der Waals surface area contributed by atoms with Gasteiger partial charge in [-0.1, -0.05) is 48.0 Å². The molecule has 1 heterocycles. The van der Waals surface area contributed by atoms with Gasteiger partial charge in [-0.05, 0) is 36.8 Å². The molecule has 154 valence electrons. The van der Waals surface area contributed by atoms with E-state index in [0.717, 1.165) is 23.3 Å². The van der Waals surface area contributed by atoms with Gasteiger partial charge in [-0.2, -0.15) is 8.42 Å². The summed E-state index contributed by atoms with van der Waals surface area (Å²) in [6.45, 7) is 1.93. The number of anilines is 1. The number of rotatable bonds is 6. The minimum atomic E-state index is -4.15. The van der Waals surface area contributed by atoms with Crippen LogP contribution in [0.1, 0.15) is 11.1 Å². The van der Waals surface area contributed by atoms with Crippen molar-refractivity contribution in [2.75, 3.05) is 4.72 Å². The van der Waals surface area contributed by atoms with Crippen LogP contribution in [0.3, 0.4) is 0 Å². The highest BCUT2D eigenvalue weighted by atomic mass is 32.2. The molecule has 0 amide bonds. The van der Waals surface area contributed by atoms with Crippen molar-refractivity contribution in [1.29, 1.82) is 0 Å². The molecule has 0 bridgehead atoms. The number of nitrogens with one attached hydrogen (secondary N) is 1.